The van der Waals surface area contributed by atoms with Crippen LogP contribution in [0, 0.1) is 0 Å². The van der Waals surface area contributed by atoms with E-state index in [4.69, 9.17) is 10.5 Å². The lowest BCUT2D eigenvalue weighted by atomic mass is 10.3. The molecule has 0 radical (unpaired) electrons. The third kappa shape index (κ3) is 4.01. The number of nitrogens with one attached hydrogen (secondary N) is 1. The molecule has 0 unspecified atom stereocenters. The molecule has 1 aromatic carbocycles. The Labute approximate surface area is 123 Å². The summed E-state index contributed by atoms with van der Waals surface area (Å²) in [6.45, 7) is 4.06. The van der Waals surface area contributed by atoms with Crippen LogP contribution in [-0.2, 0) is 4.74 Å². The Kier molecular flexibility index (Phi) is 4.86. The normalized spacial score (nSPS) is 14.7. The summed E-state index contributed by atoms with van der Waals surface area (Å²) < 4.78 is 4.94. The van der Waals surface area contributed by atoms with Gasteiger partial charge in [-0.05, 0) is 31.2 Å². The predicted octanol–water partition coefficient (Wildman–Crippen LogP) is 1.57. The SMILES string of the molecule is CCOC(=O)N1CCN(C(=O)Nc2ccc(N)cc2)CC1. The van der Waals surface area contributed by atoms with Crippen molar-refractivity contribution in [2.24, 2.45) is 0 Å². The fourth-order valence-corrected chi connectivity index (χ4v) is 2.08. The Balaban J connectivity index is 1.83. The van der Waals surface area contributed by atoms with Crippen LogP contribution >= 0.6 is 0 Å². The summed E-state index contributed by atoms with van der Waals surface area (Å²) in [4.78, 5) is 27.0. The Morgan fingerprint density at radius 1 is 1.14 bits per heavy atom. The van der Waals surface area contributed by atoms with Gasteiger partial charge in [0.25, 0.3) is 0 Å². The second-order valence-corrected chi connectivity index (χ2v) is 4.73. The fourth-order valence-electron chi connectivity index (χ4n) is 2.08. The zero-order valence-electron chi connectivity index (χ0n) is 12.0. The number of nitrogen functional groups attached to an aromatic ring is 1. The number of amides is 3. The summed E-state index contributed by atoms with van der Waals surface area (Å²) in [5, 5.41) is 2.80. The maximum Gasteiger partial charge on any atom is 0.409 e. The zero-order chi connectivity index (χ0) is 15.2. The van der Waals surface area contributed by atoms with E-state index in [1.807, 2.05) is 0 Å². The van der Waals surface area contributed by atoms with Crippen LogP contribution in [0.4, 0.5) is 21.0 Å². The van der Waals surface area contributed by atoms with E-state index >= 15 is 0 Å². The van der Waals surface area contributed by atoms with Crippen molar-refractivity contribution in [3.05, 3.63) is 24.3 Å². The van der Waals surface area contributed by atoms with Crippen LogP contribution in [0.1, 0.15) is 6.92 Å². The Bertz CT molecular complexity index is 495. The van der Waals surface area contributed by atoms with Gasteiger partial charge in [0, 0.05) is 37.6 Å². The number of urea groups is 1. The molecule has 1 saturated heterocycles. The number of rotatable bonds is 2. The van der Waals surface area contributed by atoms with Gasteiger partial charge in [-0.3, -0.25) is 0 Å². The van der Waals surface area contributed by atoms with Gasteiger partial charge in [0.1, 0.15) is 0 Å². The molecule has 0 aliphatic carbocycles. The minimum Gasteiger partial charge on any atom is -0.450 e. The maximum absolute atomic E-state index is 12.1. The molecule has 0 aromatic heterocycles. The number of carbonyl (C=O) groups excluding carboxylic acids is 2. The van der Waals surface area contributed by atoms with Crippen molar-refractivity contribution in [1.82, 2.24) is 9.80 Å². The van der Waals surface area contributed by atoms with Crippen LogP contribution in [0.25, 0.3) is 0 Å². The van der Waals surface area contributed by atoms with E-state index in [9.17, 15) is 9.59 Å². The number of ether oxygens (including phenoxy) is 1. The maximum atomic E-state index is 12.1. The lowest BCUT2D eigenvalue weighted by Crippen LogP contribution is -2.51. The molecule has 3 N–H and O–H groups in total. The van der Waals surface area contributed by atoms with Crippen LogP contribution in [0.5, 0.6) is 0 Å². The number of piperazine rings is 1. The first-order valence-corrected chi connectivity index (χ1v) is 6.93. The number of carbonyl (C=O) groups is 2. The molecule has 1 aliphatic rings. The van der Waals surface area contributed by atoms with Crippen LogP contribution in [0.15, 0.2) is 24.3 Å². The fraction of sp³-hybridized carbons (Fsp3) is 0.429. The number of nitrogens with zero attached hydrogens (tertiary/aromatic N) is 2. The van der Waals surface area contributed by atoms with Crippen molar-refractivity contribution in [1.29, 1.82) is 0 Å². The predicted molar refractivity (Wildman–Crippen MR) is 80.0 cm³/mol. The second kappa shape index (κ2) is 6.83. The lowest BCUT2D eigenvalue weighted by Gasteiger charge is -2.33. The van der Waals surface area contributed by atoms with E-state index in [1.54, 1.807) is 41.0 Å². The summed E-state index contributed by atoms with van der Waals surface area (Å²) in [5.41, 5.74) is 6.94. The van der Waals surface area contributed by atoms with Crippen molar-refractivity contribution in [2.45, 2.75) is 6.92 Å². The van der Waals surface area contributed by atoms with Gasteiger partial charge in [-0.1, -0.05) is 0 Å². The van der Waals surface area contributed by atoms with Gasteiger partial charge in [0.2, 0.25) is 0 Å². The highest BCUT2D eigenvalue weighted by atomic mass is 16.6. The van der Waals surface area contributed by atoms with Crippen molar-refractivity contribution in [2.75, 3.05) is 43.8 Å². The van der Waals surface area contributed by atoms with Gasteiger partial charge >= 0.3 is 12.1 Å². The van der Waals surface area contributed by atoms with E-state index in [2.05, 4.69) is 5.32 Å². The topological polar surface area (TPSA) is 87.9 Å². The van der Waals surface area contributed by atoms with E-state index < -0.39 is 0 Å². The Morgan fingerprint density at radius 3 is 2.29 bits per heavy atom. The summed E-state index contributed by atoms with van der Waals surface area (Å²) in [5.74, 6) is 0. The first-order valence-electron chi connectivity index (χ1n) is 6.93. The highest BCUT2D eigenvalue weighted by Gasteiger charge is 2.24. The minimum absolute atomic E-state index is 0.178. The van der Waals surface area contributed by atoms with Crippen LogP contribution in [0.3, 0.4) is 0 Å². The van der Waals surface area contributed by atoms with Gasteiger partial charge in [-0.15, -0.1) is 0 Å². The molecule has 7 nitrogen and oxygen atoms in total. The van der Waals surface area contributed by atoms with Gasteiger partial charge in [-0.2, -0.15) is 0 Å². The highest BCUT2D eigenvalue weighted by Crippen LogP contribution is 2.12. The van der Waals surface area contributed by atoms with Crippen molar-refractivity contribution < 1.29 is 14.3 Å². The Hall–Kier alpha value is -2.44. The highest BCUT2D eigenvalue weighted by molar-refractivity contribution is 5.89. The third-order valence-electron chi connectivity index (χ3n) is 3.25. The molecule has 1 aliphatic heterocycles. The van der Waals surface area contributed by atoms with Crippen molar-refractivity contribution in [3.8, 4) is 0 Å². The average Bonchev–Trinajstić information content (AvgIpc) is 2.50. The quantitative estimate of drug-likeness (QED) is 0.810. The van der Waals surface area contributed by atoms with Crippen LogP contribution < -0.4 is 11.1 Å². The van der Waals surface area contributed by atoms with E-state index in [1.165, 1.54) is 0 Å². The number of hydrogen-bond acceptors (Lipinski definition) is 4. The molecule has 21 heavy (non-hydrogen) atoms. The van der Waals surface area contributed by atoms with E-state index in [0.717, 1.165) is 0 Å². The second-order valence-electron chi connectivity index (χ2n) is 4.73. The molecule has 2 rings (SSSR count). The zero-order valence-corrected chi connectivity index (χ0v) is 12.0. The molecular formula is C14H20N4O3. The molecule has 0 bridgehead atoms. The third-order valence-corrected chi connectivity index (χ3v) is 3.25. The number of nitrogens with two attached hydrogens (primary N) is 1. The molecule has 0 saturated carbocycles. The summed E-state index contributed by atoms with van der Waals surface area (Å²) in [6.07, 6.45) is -0.323. The van der Waals surface area contributed by atoms with E-state index in [0.29, 0.717) is 44.2 Å². The molecule has 7 heteroatoms. The molecule has 0 spiro atoms. The van der Waals surface area contributed by atoms with Gasteiger partial charge < -0.3 is 25.6 Å². The molecule has 0 atom stereocenters. The average molecular weight is 292 g/mol. The minimum atomic E-state index is -0.323. The molecule has 1 fully saturated rings. The molecule has 1 heterocycles. The van der Waals surface area contributed by atoms with Gasteiger partial charge in [-0.25, -0.2) is 9.59 Å². The molecule has 114 valence electrons. The molecule has 1 aromatic rings. The van der Waals surface area contributed by atoms with Crippen molar-refractivity contribution >= 4 is 23.5 Å². The monoisotopic (exact) mass is 292 g/mol. The molecule has 3 amide bonds. The summed E-state index contributed by atoms with van der Waals surface area (Å²) in [7, 11) is 0. The van der Waals surface area contributed by atoms with E-state index in [-0.39, 0.29) is 12.1 Å². The molecular weight excluding hydrogens is 272 g/mol. The summed E-state index contributed by atoms with van der Waals surface area (Å²) in [6, 6.07) is 6.79. The smallest absolute Gasteiger partial charge is 0.409 e. The first-order chi connectivity index (χ1) is 10.1. The van der Waals surface area contributed by atoms with Gasteiger partial charge in [0.05, 0.1) is 6.61 Å². The van der Waals surface area contributed by atoms with Crippen LogP contribution in [-0.4, -0.2) is 54.7 Å². The van der Waals surface area contributed by atoms with Gasteiger partial charge in [0.15, 0.2) is 0 Å². The van der Waals surface area contributed by atoms with Crippen LogP contribution in [0.2, 0.25) is 0 Å². The van der Waals surface area contributed by atoms with Crippen molar-refractivity contribution in [3.63, 3.8) is 0 Å². The first kappa shape index (κ1) is 15.0. The number of benzene rings is 1. The number of anilines is 2. The Morgan fingerprint density at radius 2 is 1.71 bits per heavy atom. The standard InChI is InChI=1S/C14H20N4O3/c1-2-21-14(20)18-9-7-17(8-10-18)13(19)16-12-5-3-11(15)4-6-12/h3-6H,2,7-10,15H2,1H3,(H,16,19). The number of hydrogen-bond donors (Lipinski definition) is 2. The lowest BCUT2D eigenvalue weighted by molar-refractivity contribution is 0.0868. The summed E-state index contributed by atoms with van der Waals surface area (Å²) >= 11 is 0. The largest absolute Gasteiger partial charge is 0.450 e.